The van der Waals surface area contributed by atoms with Crippen LogP contribution in [0.15, 0.2) is 77.3 Å². The number of rotatable bonds is 6. The number of aromatic amines is 1. The van der Waals surface area contributed by atoms with Gasteiger partial charge in [0.2, 0.25) is 11.7 Å². The number of carbonyl (C=O) groups excluding carboxylic acids is 1. The molecule has 6 nitrogen and oxygen atoms in total. The third-order valence-electron chi connectivity index (χ3n) is 4.88. The van der Waals surface area contributed by atoms with Crippen molar-refractivity contribution in [2.75, 3.05) is 0 Å². The number of nitrogens with one attached hydrogen (secondary N) is 2. The van der Waals surface area contributed by atoms with Gasteiger partial charge in [0.05, 0.1) is 4.34 Å². The van der Waals surface area contributed by atoms with Crippen LogP contribution < -0.4 is 5.32 Å². The lowest BCUT2D eigenvalue weighted by molar-refractivity contribution is 0.0924. The number of benzene rings is 2. The van der Waals surface area contributed by atoms with E-state index in [0.717, 1.165) is 21.3 Å². The lowest BCUT2D eigenvalue weighted by Gasteiger charge is -2.14. The summed E-state index contributed by atoms with van der Waals surface area (Å²) >= 11 is 7.43. The van der Waals surface area contributed by atoms with Crippen molar-refractivity contribution in [2.45, 2.75) is 12.5 Å². The molecule has 0 saturated heterocycles. The number of aromatic nitrogens is 3. The lowest BCUT2D eigenvalue weighted by Crippen LogP contribution is -2.30. The van der Waals surface area contributed by atoms with Gasteiger partial charge in [-0.1, -0.05) is 77.4 Å². The van der Waals surface area contributed by atoms with Crippen LogP contribution in [-0.2, 0) is 6.42 Å². The third kappa shape index (κ3) is 4.23. The summed E-state index contributed by atoms with van der Waals surface area (Å²) in [5.74, 6) is 0.588. The molecule has 154 valence electrons. The number of H-pyrrole nitrogens is 1. The summed E-state index contributed by atoms with van der Waals surface area (Å²) in [7, 11) is 0. The Bertz CT molecular complexity index is 1300. The predicted octanol–water partition coefficient (Wildman–Crippen LogP) is 5.65. The number of hydrogen-bond acceptors (Lipinski definition) is 5. The number of carbonyl (C=O) groups is 1. The Morgan fingerprint density at radius 3 is 2.58 bits per heavy atom. The average Bonchev–Trinajstić information content (AvgIpc) is 3.49. The van der Waals surface area contributed by atoms with Gasteiger partial charge >= 0.3 is 0 Å². The van der Waals surface area contributed by atoms with Crippen LogP contribution in [0.5, 0.6) is 0 Å². The van der Waals surface area contributed by atoms with Crippen molar-refractivity contribution in [3.8, 4) is 11.4 Å². The fourth-order valence-electron chi connectivity index (χ4n) is 3.38. The summed E-state index contributed by atoms with van der Waals surface area (Å²) < 4.78 is 6.22. The van der Waals surface area contributed by atoms with E-state index in [1.165, 1.54) is 11.3 Å². The van der Waals surface area contributed by atoms with Gasteiger partial charge in [0.1, 0.15) is 16.6 Å². The maximum atomic E-state index is 13.0. The molecule has 2 aromatic carbocycles. The average molecular weight is 449 g/mol. The van der Waals surface area contributed by atoms with Crippen molar-refractivity contribution in [1.82, 2.24) is 20.4 Å². The van der Waals surface area contributed by atoms with Crippen molar-refractivity contribution < 1.29 is 9.32 Å². The van der Waals surface area contributed by atoms with Gasteiger partial charge in [0.25, 0.3) is 5.91 Å². The highest BCUT2D eigenvalue weighted by Gasteiger charge is 2.24. The minimum atomic E-state index is -0.482. The number of nitrogens with zero attached hydrogens (tertiary/aromatic N) is 2. The summed E-state index contributed by atoms with van der Waals surface area (Å²) in [6, 6.07) is 22.6. The van der Waals surface area contributed by atoms with E-state index in [1.54, 1.807) is 6.07 Å². The highest BCUT2D eigenvalue weighted by molar-refractivity contribution is 7.22. The molecular formula is C23H17ClN4O2S. The fraction of sp³-hybridized carbons (Fsp3) is 0.0870. The van der Waals surface area contributed by atoms with E-state index in [2.05, 4.69) is 20.4 Å². The molecule has 0 aliphatic rings. The zero-order chi connectivity index (χ0) is 21.2. The number of halogens is 1. The topological polar surface area (TPSA) is 83.8 Å². The minimum absolute atomic E-state index is 0.250. The standard InChI is InChI=1S/C23H17ClN4O2S/c24-19-13-16-12-17(26-23(16)31-19)21(29)25-18(11-14-7-3-1-4-8-14)22-27-20(28-30-22)15-9-5-2-6-10-15/h1-10,12-13,18,26H,11H2,(H,25,29). The van der Waals surface area contributed by atoms with Crippen LogP contribution in [0.25, 0.3) is 21.6 Å². The van der Waals surface area contributed by atoms with Crippen LogP contribution in [0.2, 0.25) is 4.34 Å². The van der Waals surface area contributed by atoms with Gasteiger partial charge in [0.15, 0.2) is 0 Å². The van der Waals surface area contributed by atoms with Gasteiger partial charge in [-0.15, -0.1) is 11.3 Å². The van der Waals surface area contributed by atoms with E-state index < -0.39 is 6.04 Å². The third-order valence-corrected chi connectivity index (χ3v) is 6.08. The van der Waals surface area contributed by atoms with E-state index in [1.807, 2.05) is 66.7 Å². The Hall–Kier alpha value is -3.42. The van der Waals surface area contributed by atoms with Crippen LogP contribution in [0.3, 0.4) is 0 Å². The molecule has 0 bridgehead atoms. The summed E-state index contributed by atoms with van der Waals surface area (Å²) in [5, 5.41) is 8.05. The Labute approximate surface area is 186 Å². The predicted molar refractivity (Wildman–Crippen MR) is 121 cm³/mol. The second-order valence-corrected chi connectivity index (χ2v) is 8.74. The number of hydrogen-bond donors (Lipinski definition) is 2. The van der Waals surface area contributed by atoms with Crippen LogP contribution >= 0.6 is 22.9 Å². The molecule has 0 fully saturated rings. The molecule has 0 saturated carbocycles. The summed E-state index contributed by atoms with van der Waals surface area (Å²) in [6.07, 6.45) is 0.518. The normalized spacial score (nSPS) is 12.2. The molecule has 8 heteroatoms. The second-order valence-electron chi connectivity index (χ2n) is 7.06. The molecule has 1 unspecified atom stereocenters. The minimum Gasteiger partial charge on any atom is -0.342 e. The summed E-state index contributed by atoms with van der Waals surface area (Å²) in [6.45, 7) is 0. The van der Waals surface area contributed by atoms with E-state index in [0.29, 0.717) is 28.2 Å². The quantitative estimate of drug-likeness (QED) is 0.351. The monoisotopic (exact) mass is 448 g/mol. The first-order valence-corrected chi connectivity index (χ1v) is 10.9. The number of amides is 1. The van der Waals surface area contributed by atoms with Gasteiger partial charge in [-0.2, -0.15) is 4.98 Å². The lowest BCUT2D eigenvalue weighted by atomic mass is 10.1. The highest BCUT2D eigenvalue weighted by atomic mass is 35.5. The Morgan fingerprint density at radius 2 is 1.84 bits per heavy atom. The molecule has 0 aliphatic carbocycles. The van der Waals surface area contributed by atoms with Crippen molar-refractivity contribution in [1.29, 1.82) is 0 Å². The van der Waals surface area contributed by atoms with Crippen molar-refractivity contribution in [2.24, 2.45) is 0 Å². The number of thiophene rings is 1. The van der Waals surface area contributed by atoms with E-state index in [-0.39, 0.29) is 5.91 Å². The molecule has 2 N–H and O–H groups in total. The molecule has 3 aromatic heterocycles. The van der Waals surface area contributed by atoms with Gasteiger partial charge < -0.3 is 14.8 Å². The Kier molecular flexibility index (Phi) is 5.28. The summed E-state index contributed by atoms with van der Waals surface area (Å²) in [4.78, 5) is 21.5. The van der Waals surface area contributed by atoms with Gasteiger partial charge in [-0.25, -0.2) is 0 Å². The van der Waals surface area contributed by atoms with Crippen molar-refractivity contribution in [3.63, 3.8) is 0 Å². The maximum Gasteiger partial charge on any atom is 0.268 e. The molecule has 5 aromatic rings. The molecule has 0 radical (unpaired) electrons. The molecule has 1 atom stereocenters. The number of fused-ring (bicyclic) bond motifs is 1. The fourth-order valence-corrected chi connectivity index (χ4v) is 4.51. The first kappa shape index (κ1) is 19.5. The highest BCUT2D eigenvalue weighted by Crippen LogP contribution is 2.30. The van der Waals surface area contributed by atoms with Gasteiger partial charge in [-0.3, -0.25) is 4.79 Å². The van der Waals surface area contributed by atoms with Crippen LogP contribution in [0.4, 0.5) is 0 Å². The molecule has 5 rings (SSSR count). The first-order chi connectivity index (χ1) is 15.2. The molecule has 0 aliphatic heterocycles. The molecule has 31 heavy (non-hydrogen) atoms. The van der Waals surface area contributed by atoms with Crippen LogP contribution in [0, 0.1) is 0 Å². The largest absolute Gasteiger partial charge is 0.342 e. The van der Waals surface area contributed by atoms with Crippen LogP contribution in [-0.4, -0.2) is 21.0 Å². The maximum absolute atomic E-state index is 13.0. The van der Waals surface area contributed by atoms with Crippen molar-refractivity contribution >= 4 is 39.1 Å². The Morgan fingerprint density at radius 1 is 1.10 bits per heavy atom. The van der Waals surface area contributed by atoms with E-state index in [4.69, 9.17) is 16.1 Å². The Balaban J connectivity index is 1.43. The zero-order valence-electron chi connectivity index (χ0n) is 16.2. The summed E-state index contributed by atoms with van der Waals surface area (Å²) in [5.41, 5.74) is 2.36. The van der Waals surface area contributed by atoms with Crippen molar-refractivity contribution in [3.05, 3.63) is 94.3 Å². The van der Waals surface area contributed by atoms with Gasteiger partial charge in [-0.05, 0) is 17.7 Å². The van der Waals surface area contributed by atoms with Crippen LogP contribution in [0.1, 0.15) is 28.0 Å². The molecule has 0 spiro atoms. The molecular weight excluding hydrogens is 432 g/mol. The smallest absolute Gasteiger partial charge is 0.268 e. The van der Waals surface area contributed by atoms with Gasteiger partial charge in [0, 0.05) is 17.4 Å². The van der Waals surface area contributed by atoms with E-state index >= 15 is 0 Å². The second kappa shape index (κ2) is 8.37. The molecule has 1 amide bonds. The zero-order valence-corrected chi connectivity index (χ0v) is 17.8. The first-order valence-electron chi connectivity index (χ1n) is 9.67. The SMILES string of the molecule is O=C(NC(Cc1ccccc1)c1nc(-c2ccccc2)no1)c1cc2cc(Cl)sc2[nH]1. The van der Waals surface area contributed by atoms with E-state index in [9.17, 15) is 4.79 Å². The molecule has 3 heterocycles.